The third-order valence-corrected chi connectivity index (χ3v) is 3.30. The van der Waals surface area contributed by atoms with Gasteiger partial charge in [-0.2, -0.15) is 0 Å². The maximum atomic E-state index is 12.4. The summed E-state index contributed by atoms with van der Waals surface area (Å²) in [5.74, 6) is 1.52. The van der Waals surface area contributed by atoms with Gasteiger partial charge >= 0.3 is 0 Å². The van der Waals surface area contributed by atoms with Gasteiger partial charge in [0.1, 0.15) is 11.5 Å². The first kappa shape index (κ1) is 15.4. The second kappa shape index (κ2) is 7.69. The summed E-state index contributed by atoms with van der Waals surface area (Å²) in [6.45, 7) is 2.91. The van der Waals surface area contributed by atoms with Gasteiger partial charge in [-0.05, 0) is 30.7 Å². The lowest BCUT2D eigenvalue weighted by Gasteiger charge is -2.22. The first-order valence-corrected chi connectivity index (χ1v) is 7.27. The molecule has 2 aromatic heterocycles. The molecule has 21 heavy (non-hydrogen) atoms. The molecule has 0 aliphatic rings. The zero-order valence-electron chi connectivity index (χ0n) is 12.3. The molecule has 0 spiro atoms. The van der Waals surface area contributed by atoms with Crippen LogP contribution in [0.15, 0.2) is 45.6 Å². The number of rotatable bonds is 8. The summed E-state index contributed by atoms with van der Waals surface area (Å²) in [5.41, 5.74) is 5.98. The van der Waals surface area contributed by atoms with Crippen LogP contribution in [0, 0.1) is 0 Å². The number of hydrogen-bond donors (Lipinski definition) is 1. The second-order valence-corrected chi connectivity index (χ2v) is 5.16. The van der Waals surface area contributed by atoms with Crippen LogP contribution in [0.5, 0.6) is 0 Å². The first-order valence-electron chi connectivity index (χ1n) is 7.27. The van der Waals surface area contributed by atoms with E-state index in [4.69, 9.17) is 14.6 Å². The highest BCUT2D eigenvalue weighted by Gasteiger charge is 2.19. The minimum absolute atomic E-state index is 0.0174. The molecule has 0 aromatic carbocycles. The molecule has 2 aromatic rings. The molecule has 5 heteroatoms. The van der Waals surface area contributed by atoms with E-state index in [2.05, 4.69) is 6.92 Å². The van der Waals surface area contributed by atoms with E-state index < -0.39 is 0 Å². The average molecular weight is 290 g/mol. The maximum absolute atomic E-state index is 12.4. The van der Waals surface area contributed by atoms with Crippen molar-refractivity contribution in [2.24, 2.45) is 5.73 Å². The fraction of sp³-hybridized carbons (Fsp3) is 0.438. The summed E-state index contributed by atoms with van der Waals surface area (Å²) in [6.07, 6.45) is 5.38. The van der Waals surface area contributed by atoms with E-state index in [1.54, 1.807) is 17.4 Å². The van der Waals surface area contributed by atoms with Crippen LogP contribution >= 0.6 is 0 Å². The van der Waals surface area contributed by atoms with E-state index >= 15 is 0 Å². The van der Waals surface area contributed by atoms with Crippen LogP contribution in [-0.2, 0) is 17.9 Å². The quantitative estimate of drug-likeness (QED) is 0.811. The molecule has 2 heterocycles. The number of carbonyl (C=O) groups excluding carboxylic acids is 1. The lowest BCUT2D eigenvalue weighted by molar-refractivity contribution is -0.133. The molecule has 1 amide bonds. The van der Waals surface area contributed by atoms with Gasteiger partial charge in [-0.1, -0.05) is 13.3 Å². The highest BCUT2D eigenvalue weighted by atomic mass is 16.3. The Bertz CT molecular complexity index is 483. The standard InChI is InChI=1S/C16H22N2O3/c1-2-5-13(17)10-16(19)18(11-14-6-3-8-20-14)12-15-7-4-9-21-15/h3-4,6-9,13H,2,5,10-12,17H2,1H3. The number of nitrogens with two attached hydrogens (primary N) is 1. The lowest BCUT2D eigenvalue weighted by Crippen LogP contribution is -2.35. The number of carbonyl (C=O) groups is 1. The molecule has 2 N–H and O–H groups in total. The molecule has 0 aliphatic heterocycles. The summed E-state index contributed by atoms with van der Waals surface area (Å²) in [5, 5.41) is 0. The van der Waals surface area contributed by atoms with Crippen molar-refractivity contribution in [2.45, 2.75) is 45.3 Å². The van der Waals surface area contributed by atoms with Crippen LogP contribution in [0.3, 0.4) is 0 Å². The Morgan fingerprint density at radius 3 is 2.19 bits per heavy atom. The molecule has 0 saturated heterocycles. The van der Waals surface area contributed by atoms with E-state index in [0.29, 0.717) is 19.5 Å². The predicted molar refractivity (Wildman–Crippen MR) is 79.2 cm³/mol. The van der Waals surface area contributed by atoms with Crippen molar-refractivity contribution in [1.29, 1.82) is 0 Å². The first-order chi connectivity index (χ1) is 10.2. The van der Waals surface area contributed by atoms with Crippen molar-refractivity contribution < 1.29 is 13.6 Å². The van der Waals surface area contributed by atoms with Crippen LogP contribution in [0.1, 0.15) is 37.7 Å². The Kier molecular flexibility index (Phi) is 5.63. The molecule has 5 nitrogen and oxygen atoms in total. The minimum Gasteiger partial charge on any atom is -0.467 e. The SMILES string of the molecule is CCCC(N)CC(=O)N(Cc1ccco1)Cc1ccco1. The summed E-state index contributed by atoms with van der Waals surface area (Å²) < 4.78 is 10.7. The van der Waals surface area contributed by atoms with E-state index in [1.807, 2.05) is 24.3 Å². The van der Waals surface area contributed by atoms with Crippen LogP contribution in [0.2, 0.25) is 0 Å². The average Bonchev–Trinajstić information content (AvgIpc) is 3.11. The molecule has 0 fully saturated rings. The van der Waals surface area contributed by atoms with Crippen molar-refractivity contribution in [3.63, 3.8) is 0 Å². The minimum atomic E-state index is -0.0989. The third-order valence-electron chi connectivity index (χ3n) is 3.30. The molecule has 0 aliphatic carbocycles. The molecule has 1 atom stereocenters. The van der Waals surface area contributed by atoms with Crippen LogP contribution in [-0.4, -0.2) is 16.8 Å². The molecule has 0 saturated carbocycles. The van der Waals surface area contributed by atoms with E-state index in [9.17, 15) is 4.79 Å². The fourth-order valence-electron chi connectivity index (χ4n) is 2.24. The monoisotopic (exact) mass is 290 g/mol. The van der Waals surface area contributed by atoms with Gasteiger partial charge in [-0.25, -0.2) is 0 Å². The normalized spacial score (nSPS) is 12.3. The molecule has 114 valence electrons. The van der Waals surface area contributed by atoms with Crippen molar-refractivity contribution >= 4 is 5.91 Å². The van der Waals surface area contributed by atoms with E-state index in [-0.39, 0.29) is 11.9 Å². The Balaban J connectivity index is 2.01. The molecule has 1 unspecified atom stereocenters. The van der Waals surface area contributed by atoms with Gasteiger partial charge in [0.25, 0.3) is 0 Å². The van der Waals surface area contributed by atoms with Crippen LogP contribution in [0.25, 0.3) is 0 Å². The number of amides is 1. The van der Waals surface area contributed by atoms with Crippen molar-refractivity contribution in [1.82, 2.24) is 4.90 Å². The van der Waals surface area contributed by atoms with E-state index in [1.165, 1.54) is 0 Å². The van der Waals surface area contributed by atoms with Gasteiger partial charge in [0.05, 0.1) is 25.6 Å². The molecule has 2 rings (SSSR count). The Labute approximate surface area is 124 Å². The molecular weight excluding hydrogens is 268 g/mol. The van der Waals surface area contributed by atoms with Gasteiger partial charge < -0.3 is 19.5 Å². The summed E-state index contributed by atoms with van der Waals surface area (Å²) in [6, 6.07) is 7.24. The maximum Gasteiger partial charge on any atom is 0.224 e. The molecular formula is C16H22N2O3. The van der Waals surface area contributed by atoms with Gasteiger partial charge in [-0.15, -0.1) is 0 Å². The van der Waals surface area contributed by atoms with Crippen molar-refractivity contribution in [3.05, 3.63) is 48.3 Å². The predicted octanol–water partition coefficient (Wildman–Crippen LogP) is 2.92. The highest BCUT2D eigenvalue weighted by Crippen LogP contribution is 2.13. The van der Waals surface area contributed by atoms with Crippen molar-refractivity contribution in [2.75, 3.05) is 0 Å². The van der Waals surface area contributed by atoms with Crippen LogP contribution < -0.4 is 5.73 Å². The van der Waals surface area contributed by atoms with Gasteiger partial charge in [0.15, 0.2) is 0 Å². The highest BCUT2D eigenvalue weighted by molar-refractivity contribution is 5.76. The molecule has 0 radical (unpaired) electrons. The summed E-state index contributed by atoms with van der Waals surface area (Å²) in [4.78, 5) is 14.2. The Morgan fingerprint density at radius 1 is 1.19 bits per heavy atom. The van der Waals surface area contributed by atoms with Crippen LogP contribution in [0.4, 0.5) is 0 Å². The Hall–Kier alpha value is -2.01. The fourth-order valence-corrected chi connectivity index (χ4v) is 2.24. The third kappa shape index (κ3) is 4.79. The van der Waals surface area contributed by atoms with Gasteiger partial charge in [0.2, 0.25) is 5.91 Å². The molecule has 0 bridgehead atoms. The smallest absolute Gasteiger partial charge is 0.224 e. The number of furan rings is 2. The van der Waals surface area contributed by atoms with Gasteiger partial charge in [0, 0.05) is 12.5 Å². The number of nitrogens with zero attached hydrogens (tertiary/aromatic N) is 1. The summed E-state index contributed by atoms with van der Waals surface area (Å²) >= 11 is 0. The Morgan fingerprint density at radius 2 is 1.76 bits per heavy atom. The summed E-state index contributed by atoms with van der Waals surface area (Å²) in [7, 11) is 0. The number of hydrogen-bond acceptors (Lipinski definition) is 4. The van der Waals surface area contributed by atoms with Gasteiger partial charge in [-0.3, -0.25) is 4.79 Å². The lowest BCUT2D eigenvalue weighted by atomic mass is 10.1. The zero-order chi connectivity index (χ0) is 15.1. The van der Waals surface area contributed by atoms with E-state index in [0.717, 1.165) is 24.4 Å². The zero-order valence-corrected chi connectivity index (χ0v) is 12.3. The second-order valence-electron chi connectivity index (χ2n) is 5.16. The topological polar surface area (TPSA) is 72.6 Å². The largest absolute Gasteiger partial charge is 0.467 e. The van der Waals surface area contributed by atoms with Crippen molar-refractivity contribution in [3.8, 4) is 0 Å².